The van der Waals surface area contributed by atoms with Gasteiger partial charge >= 0.3 is 0 Å². The largest absolute Gasteiger partial charge is 0.348 e. The Hall–Kier alpha value is -3.71. The van der Waals surface area contributed by atoms with E-state index >= 15 is 0 Å². The summed E-state index contributed by atoms with van der Waals surface area (Å²) in [6.07, 6.45) is 6.44. The molecule has 2 heterocycles. The number of H-pyrrole nitrogens is 1. The van der Waals surface area contributed by atoms with E-state index in [4.69, 9.17) is 5.10 Å². The fourth-order valence-corrected chi connectivity index (χ4v) is 5.47. The molecule has 0 aliphatic heterocycles. The zero-order valence-corrected chi connectivity index (χ0v) is 22.1. The minimum absolute atomic E-state index is 0.163. The van der Waals surface area contributed by atoms with Gasteiger partial charge in [0.1, 0.15) is 0 Å². The molecule has 2 N–H and O–H groups in total. The number of carbonyl (C=O) groups is 1. The van der Waals surface area contributed by atoms with Gasteiger partial charge in [-0.25, -0.2) is 0 Å². The minimum Gasteiger partial charge on any atom is -0.348 e. The Labute approximate surface area is 217 Å². The van der Waals surface area contributed by atoms with Crippen molar-refractivity contribution in [2.45, 2.75) is 58.7 Å². The molecule has 0 spiro atoms. The molecule has 0 atom stereocenters. The van der Waals surface area contributed by atoms with Crippen molar-refractivity contribution in [3.8, 4) is 11.1 Å². The van der Waals surface area contributed by atoms with Gasteiger partial charge in [0, 0.05) is 29.7 Å². The molecule has 2 aromatic carbocycles. The second-order valence-electron chi connectivity index (χ2n) is 10.5. The van der Waals surface area contributed by atoms with E-state index in [-0.39, 0.29) is 18.0 Å². The van der Waals surface area contributed by atoms with Crippen LogP contribution in [0.15, 0.2) is 53.5 Å². The third-order valence-corrected chi connectivity index (χ3v) is 7.34. The maximum absolute atomic E-state index is 13.5. The number of hydrogen-bond donors (Lipinski definition) is 2. The lowest BCUT2D eigenvalue weighted by atomic mass is 9.98. The zero-order valence-electron chi connectivity index (χ0n) is 22.1. The maximum Gasteiger partial charge on any atom is 0.253 e. The third-order valence-electron chi connectivity index (χ3n) is 7.34. The van der Waals surface area contributed by atoms with Crippen molar-refractivity contribution in [3.63, 3.8) is 0 Å². The van der Waals surface area contributed by atoms with Crippen molar-refractivity contribution < 1.29 is 4.79 Å². The number of rotatable bonds is 7. The lowest BCUT2D eigenvalue weighted by molar-refractivity contribution is 0.0952. The Balaban J connectivity index is 1.53. The number of benzene rings is 2. The second-order valence-corrected chi connectivity index (χ2v) is 10.5. The van der Waals surface area contributed by atoms with Crippen LogP contribution in [0.4, 0.5) is 0 Å². The Kier molecular flexibility index (Phi) is 6.98. The first-order chi connectivity index (χ1) is 17.8. The average molecular weight is 498 g/mol. The zero-order chi connectivity index (χ0) is 26.1. The van der Waals surface area contributed by atoms with Crippen LogP contribution < -0.4 is 10.9 Å². The van der Waals surface area contributed by atoms with Crippen molar-refractivity contribution >= 4 is 16.8 Å². The number of nitrogens with zero attached hydrogens (tertiary/aromatic N) is 3. The number of carbonyl (C=O) groups excluding carboxylic acids is 1. The molecule has 1 fully saturated rings. The van der Waals surface area contributed by atoms with Gasteiger partial charge in [0.25, 0.3) is 11.5 Å². The smallest absolute Gasteiger partial charge is 0.253 e. The fourth-order valence-electron chi connectivity index (χ4n) is 5.47. The third kappa shape index (κ3) is 5.23. The first-order valence-electron chi connectivity index (χ1n) is 13.0. The molecule has 0 saturated heterocycles. The van der Waals surface area contributed by atoms with Crippen LogP contribution in [-0.2, 0) is 13.1 Å². The minimum atomic E-state index is -0.207. The van der Waals surface area contributed by atoms with E-state index in [1.807, 2.05) is 32.2 Å². The summed E-state index contributed by atoms with van der Waals surface area (Å²) in [5, 5.41) is 8.57. The lowest BCUT2D eigenvalue weighted by Gasteiger charge is -2.15. The number of aromatic amines is 1. The molecule has 7 nitrogen and oxygen atoms in total. The summed E-state index contributed by atoms with van der Waals surface area (Å²) < 4.78 is 2.11. The Morgan fingerprint density at radius 2 is 1.81 bits per heavy atom. The van der Waals surface area contributed by atoms with Crippen LogP contribution in [0.5, 0.6) is 0 Å². The highest BCUT2D eigenvalue weighted by molar-refractivity contribution is 6.08. The molecule has 1 aliphatic carbocycles. The van der Waals surface area contributed by atoms with Crippen LogP contribution in [-0.4, -0.2) is 39.7 Å². The van der Waals surface area contributed by atoms with Crippen LogP contribution >= 0.6 is 0 Å². The first-order valence-corrected chi connectivity index (χ1v) is 13.0. The van der Waals surface area contributed by atoms with Gasteiger partial charge < -0.3 is 15.2 Å². The van der Waals surface area contributed by atoms with Crippen LogP contribution in [0.1, 0.15) is 64.5 Å². The van der Waals surface area contributed by atoms with E-state index in [1.54, 1.807) is 0 Å². The van der Waals surface area contributed by atoms with Gasteiger partial charge in [-0.2, -0.15) is 5.10 Å². The highest BCUT2D eigenvalue weighted by Gasteiger charge is 2.23. The molecule has 1 aliphatic rings. The van der Waals surface area contributed by atoms with Gasteiger partial charge in [-0.3, -0.25) is 14.3 Å². The molecular weight excluding hydrogens is 462 g/mol. The number of pyridine rings is 1. The van der Waals surface area contributed by atoms with Gasteiger partial charge in [-0.15, -0.1) is 0 Å². The summed E-state index contributed by atoms with van der Waals surface area (Å²) in [5.74, 6) is -0.207. The monoisotopic (exact) mass is 497 g/mol. The number of aryl methyl sites for hydroxylation is 2. The summed E-state index contributed by atoms with van der Waals surface area (Å²) in [4.78, 5) is 31.0. The van der Waals surface area contributed by atoms with E-state index in [9.17, 15) is 9.59 Å². The lowest BCUT2D eigenvalue weighted by Crippen LogP contribution is -2.28. The molecule has 37 heavy (non-hydrogen) atoms. The summed E-state index contributed by atoms with van der Waals surface area (Å²) in [6, 6.07) is 14.9. The number of nitrogens with one attached hydrogen (secondary N) is 2. The number of hydrogen-bond acceptors (Lipinski definition) is 4. The van der Waals surface area contributed by atoms with Gasteiger partial charge in [0.2, 0.25) is 0 Å². The fraction of sp³-hybridized carbons (Fsp3) is 0.367. The van der Waals surface area contributed by atoms with Gasteiger partial charge in [-0.1, -0.05) is 37.1 Å². The Morgan fingerprint density at radius 1 is 1.08 bits per heavy atom. The SMILES string of the molecule is Cc1cc(C)c(CNC(=O)c2cc(-c3ccc(CN(C)C)cc3)cc3c2cnn3C2CCCC2)c(=O)[nH]1. The van der Waals surface area contributed by atoms with Crippen molar-refractivity contribution in [1.82, 2.24) is 25.0 Å². The van der Waals surface area contributed by atoms with Crippen molar-refractivity contribution in [2.75, 3.05) is 14.1 Å². The highest BCUT2D eigenvalue weighted by Crippen LogP contribution is 2.35. The van der Waals surface area contributed by atoms with Crippen LogP contribution in [0.3, 0.4) is 0 Å². The van der Waals surface area contributed by atoms with Gasteiger partial charge in [0.15, 0.2) is 0 Å². The predicted octanol–water partition coefficient (Wildman–Crippen LogP) is 5.12. The van der Waals surface area contributed by atoms with Crippen molar-refractivity contribution in [1.29, 1.82) is 0 Å². The summed E-state index contributed by atoms with van der Waals surface area (Å²) in [7, 11) is 4.12. The topological polar surface area (TPSA) is 83.0 Å². The van der Waals surface area contributed by atoms with Gasteiger partial charge in [-0.05, 0) is 81.2 Å². The first kappa shape index (κ1) is 25.0. The van der Waals surface area contributed by atoms with E-state index in [0.717, 1.165) is 52.7 Å². The van der Waals surface area contributed by atoms with Gasteiger partial charge in [0.05, 0.1) is 23.3 Å². The molecule has 4 aromatic rings. The van der Waals surface area contributed by atoms with Crippen molar-refractivity contribution in [2.24, 2.45) is 0 Å². The molecule has 7 heteroatoms. The standard InChI is InChI=1S/C30H35N5O2/c1-19-13-20(2)33-30(37)26(19)16-31-29(36)25-14-23(22-11-9-21(10-12-22)18-34(3)4)15-28-27(25)17-32-35(28)24-7-5-6-8-24/h9-15,17,24H,5-8,16,18H2,1-4H3,(H,31,36)(H,33,37). The molecule has 1 saturated carbocycles. The van der Waals surface area contributed by atoms with Crippen LogP contribution in [0.25, 0.3) is 22.0 Å². The summed E-state index contributed by atoms with van der Waals surface area (Å²) >= 11 is 0. The molecule has 192 valence electrons. The van der Waals surface area contributed by atoms with E-state index < -0.39 is 0 Å². The van der Waals surface area contributed by atoms with E-state index in [1.165, 1.54) is 18.4 Å². The molecule has 1 amide bonds. The van der Waals surface area contributed by atoms with E-state index in [0.29, 0.717) is 17.2 Å². The average Bonchev–Trinajstić information content (AvgIpc) is 3.52. The molecule has 2 aromatic heterocycles. The molecule has 0 unspecified atom stereocenters. The summed E-state index contributed by atoms with van der Waals surface area (Å²) in [6.45, 7) is 4.79. The predicted molar refractivity (Wildman–Crippen MR) is 148 cm³/mol. The molecular formula is C30H35N5O2. The highest BCUT2D eigenvalue weighted by atomic mass is 16.1. The molecule has 5 rings (SSSR count). The Morgan fingerprint density at radius 3 is 2.49 bits per heavy atom. The quantitative estimate of drug-likeness (QED) is 0.371. The normalized spacial score (nSPS) is 14.1. The summed E-state index contributed by atoms with van der Waals surface area (Å²) in [5.41, 5.74) is 6.93. The van der Waals surface area contributed by atoms with Crippen LogP contribution in [0, 0.1) is 13.8 Å². The number of amides is 1. The second kappa shape index (κ2) is 10.3. The number of aromatic nitrogens is 3. The maximum atomic E-state index is 13.5. The number of fused-ring (bicyclic) bond motifs is 1. The van der Waals surface area contributed by atoms with E-state index in [2.05, 4.69) is 64.3 Å². The molecule has 0 bridgehead atoms. The van der Waals surface area contributed by atoms with Crippen LogP contribution in [0.2, 0.25) is 0 Å². The molecule has 0 radical (unpaired) electrons. The van der Waals surface area contributed by atoms with Crippen molar-refractivity contribution in [3.05, 3.63) is 87.0 Å². The Bertz CT molecular complexity index is 1490.